The first-order chi connectivity index (χ1) is 12.5. The summed E-state index contributed by atoms with van der Waals surface area (Å²) in [6, 6.07) is 2.53. The van der Waals surface area contributed by atoms with E-state index < -0.39 is 22.8 Å². The standard InChI is InChI=1S/C16H12FN5O3S/c1-2-22-6-11(16(24)25)14(23)10-3-12(17)9(4-13(10)22)15-20-8(7-26-15)5-19-21-18/h3-4,6-7H,2,5H2,1H3,(H,24,25). The van der Waals surface area contributed by atoms with Gasteiger partial charge in [-0.15, -0.1) is 11.3 Å². The average Bonchev–Trinajstić information content (AvgIpc) is 3.08. The molecule has 0 radical (unpaired) electrons. The number of azide groups is 1. The highest BCUT2D eigenvalue weighted by molar-refractivity contribution is 7.13. The molecule has 0 spiro atoms. The molecule has 0 fully saturated rings. The van der Waals surface area contributed by atoms with Crippen molar-refractivity contribution in [3.05, 3.63) is 61.5 Å². The van der Waals surface area contributed by atoms with E-state index in [-0.39, 0.29) is 17.5 Å². The molecule has 0 saturated carbocycles. The molecule has 2 heterocycles. The topological polar surface area (TPSA) is 121 Å². The third-order valence-corrected chi connectivity index (χ3v) is 4.74. The van der Waals surface area contributed by atoms with Gasteiger partial charge in [0.1, 0.15) is 16.4 Å². The number of pyridine rings is 1. The second-order valence-electron chi connectivity index (χ2n) is 5.35. The number of hydrogen-bond donors (Lipinski definition) is 1. The van der Waals surface area contributed by atoms with Gasteiger partial charge in [0.25, 0.3) is 0 Å². The number of aryl methyl sites for hydroxylation is 1. The van der Waals surface area contributed by atoms with E-state index in [0.29, 0.717) is 22.8 Å². The van der Waals surface area contributed by atoms with E-state index in [1.807, 2.05) is 0 Å². The molecule has 3 aromatic rings. The van der Waals surface area contributed by atoms with Crippen LogP contribution in [-0.2, 0) is 13.1 Å². The Labute approximate surface area is 149 Å². The van der Waals surface area contributed by atoms with Gasteiger partial charge in [0.2, 0.25) is 5.43 Å². The SMILES string of the molecule is CCn1cc(C(=O)O)c(=O)c2cc(F)c(-c3nc(CN=[N+]=[N-])cs3)cc21. The first kappa shape index (κ1) is 17.6. The zero-order valence-corrected chi connectivity index (χ0v) is 14.3. The van der Waals surface area contributed by atoms with Crippen LogP contribution in [0.1, 0.15) is 23.0 Å². The second kappa shape index (κ2) is 6.95. The van der Waals surface area contributed by atoms with Crippen molar-refractivity contribution in [2.24, 2.45) is 5.11 Å². The van der Waals surface area contributed by atoms with E-state index in [1.165, 1.54) is 23.6 Å². The summed E-state index contributed by atoms with van der Waals surface area (Å²) in [5.41, 5.74) is 8.35. The normalized spacial score (nSPS) is 10.7. The predicted molar refractivity (Wildman–Crippen MR) is 94.8 cm³/mol. The summed E-state index contributed by atoms with van der Waals surface area (Å²) < 4.78 is 16.2. The van der Waals surface area contributed by atoms with Crippen LogP contribution in [0.4, 0.5) is 4.39 Å². The highest BCUT2D eigenvalue weighted by Gasteiger charge is 2.18. The minimum atomic E-state index is -1.36. The summed E-state index contributed by atoms with van der Waals surface area (Å²) in [7, 11) is 0. The first-order valence-corrected chi connectivity index (χ1v) is 8.39. The predicted octanol–water partition coefficient (Wildman–Crippen LogP) is 3.79. The number of carboxylic acids is 1. The highest BCUT2D eigenvalue weighted by Crippen LogP contribution is 2.30. The molecule has 0 amide bonds. The first-order valence-electron chi connectivity index (χ1n) is 7.51. The summed E-state index contributed by atoms with van der Waals surface area (Å²) >= 11 is 1.19. The molecule has 0 unspecified atom stereocenters. The Hall–Kier alpha value is -3.23. The van der Waals surface area contributed by atoms with Gasteiger partial charge in [-0.05, 0) is 24.6 Å². The Kier molecular flexibility index (Phi) is 4.70. The van der Waals surface area contributed by atoms with Gasteiger partial charge in [-0.3, -0.25) is 4.79 Å². The zero-order valence-electron chi connectivity index (χ0n) is 13.5. The zero-order chi connectivity index (χ0) is 18.8. The molecule has 3 rings (SSSR count). The summed E-state index contributed by atoms with van der Waals surface area (Å²) in [6.45, 7) is 2.26. The maximum absolute atomic E-state index is 14.6. The van der Waals surface area contributed by atoms with Crippen molar-refractivity contribution >= 4 is 28.2 Å². The molecule has 8 nitrogen and oxygen atoms in total. The summed E-state index contributed by atoms with van der Waals surface area (Å²) in [4.78, 5) is 30.5. The van der Waals surface area contributed by atoms with E-state index in [2.05, 4.69) is 15.0 Å². The molecule has 0 atom stereocenters. The van der Waals surface area contributed by atoms with Gasteiger partial charge >= 0.3 is 5.97 Å². The van der Waals surface area contributed by atoms with Crippen LogP contribution in [0.2, 0.25) is 0 Å². The Morgan fingerprint density at radius 2 is 2.27 bits per heavy atom. The van der Waals surface area contributed by atoms with Gasteiger partial charge in [-0.25, -0.2) is 14.2 Å². The Morgan fingerprint density at radius 1 is 1.50 bits per heavy atom. The van der Waals surface area contributed by atoms with Crippen LogP contribution >= 0.6 is 11.3 Å². The molecule has 0 saturated heterocycles. The van der Waals surface area contributed by atoms with E-state index in [0.717, 1.165) is 6.07 Å². The molecule has 0 aliphatic carbocycles. The van der Waals surface area contributed by atoms with E-state index in [1.54, 1.807) is 16.9 Å². The number of carbonyl (C=O) groups is 1. The van der Waals surface area contributed by atoms with Gasteiger partial charge in [-0.1, -0.05) is 5.11 Å². The maximum atomic E-state index is 14.6. The number of halogens is 1. The molecule has 0 bridgehead atoms. The van der Waals surface area contributed by atoms with Crippen LogP contribution in [0.5, 0.6) is 0 Å². The van der Waals surface area contributed by atoms with Gasteiger partial charge in [0, 0.05) is 34.0 Å². The third kappa shape index (κ3) is 3.03. The van der Waals surface area contributed by atoms with E-state index in [4.69, 9.17) is 5.53 Å². The van der Waals surface area contributed by atoms with Crippen molar-refractivity contribution in [3.8, 4) is 10.6 Å². The molecule has 1 aromatic carbocycles. The van der Waals surface area contributed by atoms with Crippen molar-refractivity contribution < 1.29 is 14.3 Å². The third-order valence-electron chi connectivity index (χ3n) is 3.82. The van der Waals surface area contributed by atoms with Crippen molar-refractivity contribution in [1.82, 2.24) is 9.55 Å². The number of aromatic carboxylic acids is 1. The van der Waals surface area contributed by atoms with Gasteiger partial charge in [0.15, 0.2) is 0 Å². The van der Waals surface area contributed by atoms with Crippen molar-refractivity contribution in [1.29, 1.82) is 0 Å². The van der Waals surface area contributed by atoms with Crippen LogP contribution in [0.3, 0.4) is 0 Å². The lowest BCUT2D eigenvalue weighted by atomic mass is 10.1. The summed E-state index contributed by atoms with van der Waals surface area (Å²) in [6.07, 6.45) is 1.25. The molecule has 26 heavy (non-hydrogen) atoms. The molecule has 10 heteroatoms. The lowest BCUT2D eigenvalue weighted by Gasteiger charge is -2.11. The molecule has 2 aromatic heterocycles. The van der Waals surface area contributed by atoms with Crippen LogP contribution in [0.15, 0.2) is 33.6 Å². The van der Waals surface area contributed by atoms with Crippen LogP contribution in [0, 0.1) is 5.82 Å². The highest BCUT2D eigenvalue weighted by atomic mass is 32.1. The van der Waals surface area contributed by atoms with Crippen molar-refractivity contribution in [2.75, 3.05) is 0 Å². The number of carboxylic acid groups (broad SMARTS) is 1. The monoisotopic (exact) mass is 373 g/mol. The Morgan fingerprint density at radius 3 is 2.92 bits per heavy atom. The molecule has 1 N–H and O–H groups in total. The number of fused-ring (bicyclic) bond motifs is 1. The Balaban J connectivity index is 2.23. The number of thiazole rings is 1. The summed E-state index contributed by atoms with van der Waals surface area (Å²) in [5, 5.41) is 14.6. The van der Waals surface area contributed by atoms with Gasteiger partial charge < -0.3 is 9.67 Å². The fraction of sp³-hybridized carbons (Fsp3) is 0.188. The van der Waals surface area contributed by atoms with Crippen molar-refractivity contribution in [3.63, 3.8) is 0 Å². The number of rotatable bonds is 5. The minimum absolute atomic E-state index is 0.00106. The molecule has 132 valence electrons. The molecule has 0 aliphatic rings. The van der Waals surface area contributed by atoms with Crippen LogP contribution in [0.25, 0.3) is 31.9 Å². The number of hydrogen-bond acceptors (Lipinski definition) is 5. The lowest BCUT2D eigenvalue weighted by Crippen LogP contribution is -2.19. The Bertz CT molecular complexity index is 1130. The number of benzene rings is 1. The fourth-order valence-electron chi connectivity index (χ4n) is 2.60. The minimum Gasteiger partial charge on any atom is -0.477 e. The van der Waals surface area contributed by atoms with E-state index >= 15 is 0 Å². The molecule has 0 aliphatic heterocycles. The quantitative estimate of drug-likeness (QED) is 0.415. The number of nitrogens with zero attached hydrogens (tertiary/aromatic N) is 5. The van der Waals surface area contributed by atoms with Crippen LogP contribution in [-0.4, -0.2) is 20.6 Å². The molecular weight excluding hydrogens is 361 g/mol. The second-order valence-corrected chi connectivity index (χ2v) is 6.20. The van der Waals surface area contributed by atoms with E-state index in [9.17, 15) is 19.1 Å². The summed E-state index contributed by atoms with van der Waals surface area (Å²) in [5.74, 6) is -2.03. The maximum Gasteiger partial charge on any atom is 0.341 e. The largest absolute Gasteiger partial charge is 0.477 e. The lowest BCUT2D eigenvalue weighted by molar-refractivity contribution is 0.0695. The van der Waals surface area contributed by atoms with Gasteiger partial charge in [-0.2, -0.15) is 0 Å². The fourth-order valence-corrected chi connectivity index (χ4v) is 3.42. The average molecular weight is 373 g/mol. The smallest absolute Gasteiger partial charge is 0.341 e. The van der Waals surface area contributed by atoms with Crippen LogP contribution < -0.4 is 5.43 Å². The number of aromatic nitrogens is 2. The van der Waals surface area contributed by atoms with Crippen molar-refractivity contribution in [2.45, 2.75) is 20.0 Å². The molecular formula is C16H12FN5O3S. The van der Waals surface area contributed by atoms with Gasteiger partial charge in [0.05, 0.1) is 17.8 Å².